The molecule has 0 saturated carbocycles. The molecule has 0 aliphatic carbocycles. The van der Waals surface area contributed by atoms with Gasteiger partial charge in [-0.2, -0.15) is 0 Å². The van der Waals surface area contributed by atoms with Crippen LogP contribution in [0, 0.1) is 5.82 Å². The molecule has 0 saturated heterocycles. The fourth-order valence-corrected chi connectivity index (χ4v) is 1.69. The largest absolute Gasteiger partial charge is 0.507 e. The van der Waals surface area contributed by atoms with E-state index < -0.39 is 11.7 Å². The van der Waals surface area contributed by atoms with Crippen LogP contribution >= 0.6 is 0 Å². The fraction of sp³-hybridized carbons (Fsp3) is 0. The average molecular weight is 289 g/mol. The third kappa shape index (κ3) is 3.08. The Labute approximate surface area is 119 Å². The molecule has 0 unspecified atom stereocenters. The van der Waals surface area contributed by atoms with Gasteiger partial charge in [-0.3, -0.25) is 4.79 Å². The quantitative estimate of drug-likeness (QED) is 0.299. The summed E-state index contributed by atoms with van der Waals surface area (Å²) < 4.78 is 13.9. The molecule has 0 aromatic heterocycles. The Balaban J connectivity index is 2.25. The van der Waals surface area contributed by atoms with Crippen molar-refractivity contribution in [2.45, 2.75) is 0 Å². The number of amides is 1. The lowest BCUT2D eigenvalue weighted by molar-refractivity contribution is 0.102. The third-order valence-corrected chi connectivity index (χ3v) is 2.77. The smallest absolute Gasteiger partial charge is 0.259 e. The van der Waals surface area contributed by atoms with Crippen LogP contribution in [-0.2, 0) is 0 Å². The van der Waals surface area contributed by atoms with Crippen LogP contribution in [0.15, 0.2) is 47.6 Å². The molecule has 2 rings (SSSR count). The van der Waals surface area contributed by atoms with Crippen LogP contribution in [0.1, 0.15) is 15.9 Å². The highest BCUT2D eigenvalue weighted by Gasteiger charge is 2.13. The van der Waals surface area contributed by atoms with Crippen molar-refractivity contribution in [3.8, 4) is 5.75 Å². The number of nitrogens with one attached hydrogen (secondary N) is 1. The summed E-state index contributed by atoms with van der Waals surface area (Å²) in [6.07, 6.45) is 0. The van der Waals surface area contributed by atoms with E-state index in [1.807, 2.05) is 0 Å². The molecular weight excluding hydrogens is 277 g/mol. The van der Waals surface area contributed by atoms with Gasteiger partial charge in [-0.05, 0) is 30.3 Å². The molecule has 0 fully saturated rings. The zero-order valence-electron chi connectivity index (χ0n) is 10.7. The molecule has 1 amide bonds. The summed E-state index contributed by atoms with van der Waals surface area (Å²) in [6.45, 7) is 0. The first-order chi connectivity index (χ1) is 10.0. The van der Waals surface area contributed by atoms with E-state index in [0.29, 0.717) is 0 Å². The molecule has 0 radical (unpaired) electrons. The second-order valence-electron chi connectivity index (χ2n) is 4.15. The molecule has 7 heteroatoms. The number of hydrogen-bond acceptors (Lipinski definition) is 4. The van der Waals surface area contributed by atoms with Crippen molar-refractivity contribution >= 4 is 17.4 Å². The Kier molecular flexibility index (Phi) is 4.03. The molecule has 2 aromatic rings. The van der Waals surface area contributed by atoms with Crippen molar-refractivity contribution in [1.82, 2.24) is 0 Å². The number of nitrogens with two attached hydrogens (primary N) is 1. The van der Waals surface area contributed by atoms with E-state index in [2.05, 4.69) is 10.5 Å². The summed E-state index contributed by atoms with van der Waals surface area (Å²) in [5.74, 6) is -1.84. The van der Waals surface area contributed by atoms with Gasteiger partial charge in [-0.15, -0.1) is 0 Å². The Morgan fingerprint density at radius 3 is 2.57 bits per heavy atom. The van der Waals surface area contributed by atoms with Crippen molar-refractivity contribution in [2.24, 2.45) is 10.9 Å². The highest BCUT2D eigenvalue weighted by atomic mass is 19.1. The predicted molar refractivity (Wildman–Crippen MR) is 75.0 cm³/mol. The van der Waals surface area contributed by atoms with Gasteiger partial charge in [0, 0.05) is 5.56 Å². The van der Waals surface area contributed by atoms with Crippen LogP contribution in [0.2, 0.25) is 0 Å². The maximum absolute atomic E-state index is 13.9. The second kappa shape index (κ2) is 5.91. The number of halogens is 1. The number of nitrogens with zero attached hydrogens (tertiary/aromatic N) is 1. The van der Waals surface area contributed by atoms with Gasteiger partial charge >= 0.3 is 0 Å². The molecule has 2 aromatic carbocycles. The first-order valence-corrected chi connectivity index (χ1v) is 5.89. The topological polar surface area (TPSA) is 108 Å². The van der Waals surface area contributed by atoms with E-state index in [1.54, 1.807) is 12.1 Å². The van der Waals surface area contributed by atoms with Crippen molar-refractivity contribution < 1.29 is 19.5 Å². The molecule has 0 aliphatic heterocycles. The number of hydrogen-bond donors (Lipinski definition) is 4. The van der Waals surface area contributed by atoms with E-state index in [0.717, 1.165) is 6.07 Å². The van der Waals surface area contributed by atoms with Gasteiger partial charge in [0.05, 0.1) is 11.3 Å². The van der Waals surface area contributed by atoms with Gasteiger partial charge in [0.2, 0.25) is 0 Å². The number of carbonyl (C=O) groups excluding carboxylic acids is 1. The van der Waals surface area contributed by atoms with Crippen molar-refractivity contribution in [2.75, 3.05) is 5.32 Å². The minimum atomic E-state index is -0.747. The highest BCUT2D eigenvalue weighted by molar-refractivity contribution is 6.06. The van der Waals surface area contributed by atoms with Crippen LogP contribution in [0.25, 0.3) is 0 Å². The molecule has 0 atom stereocenters. The Bertz CT molecular complexity index is 716. The highest BCUT2D eigenvalue weighted by Crippen LogP contribution is 2.20. The zero-order chi connectivity index (χ0) is 15.4. The number of para-hydroxylation sites is 1. The molecule has 6 nitrogen and oxygen atoms in total. The van der Waals surface area contributed by atoms with E-state index in [4.69, 9.17) is 10.9 Å². The van der Waals surface area contributed by atoms with E-state index in [9.17, 15) is 14.3 Å². The zero-order valence-corrected chi connectivity index (χ0v) is 10.7. The number of rotatable bonds is 3. The average Bonchev–Trinajstić information content (AvgIpc) is 2.48. The van der Waals surface area contributed by atoms with Crippen molar-refractivity contribution in [3.05, 3.63) is 59.4 Å². The standard InChI is InChI=1S/C14H12FN3O3/c15-10-7-8(13(16)18-21)5-6-11(10)17-14(20)9-3-1-2-4-12(9)19/h1-7,19,21H,(H2,16,18)(H,17,20). The third-order valence-electron chi connectivity index (χ3n) is 2.77. The first kappa shape index (κ1) is 14.3. The lowest BCUT2D eigenvalue weighted by atomic mass is 10.1. The summed E-state index contributed by atoms with van der Waals surface area (Å²) in [4.78, 5) is 11.9. The van der Waals surface area contributed by atoms with E-state index in [-0.39, 0.29) is 28.4 Å². The van der Waals surface area contributed by atoms with Crippen molar-refractivity contribution in [3.63, 3.8) is 0 Å². The molecule has 108 valence electrons. The van der Waals surface area contributed by atoms with Gasteiger partial charge in [0.15, 0.2) is 5.84 Å². The monoisotopic (exact) mass is 289 g/mol. The number of benzene rings is 2. The number of carbonyl (C=O) groups is 1. The molecule has 0 spiro atoms. The number of phenolic OH excluding ortho intramolecular Hbond substituents is 1. The SMILES string of the molecule is N/C(=N/O)c1ccc(NC(=O)c2ccccc2O)c(F)c1. The summed E-state index contributed by atoms with van der Waals surface area (Å²) in [5.41, 5.74) is 5.45. The maximum atomic E-state index is 13.9. The first-order valence-electron chi connectivity index (χ1n) is 5.89. The summed E-state index contributed by atoms with van der Waals surface area (Å²) in [5, 5.41) is 23.2. The van der Waals surface area contributed by atoms with Crippen LogP contribution in [0.5, 0.6) is 5.75 Å². The van der Waals surface area contributed by atoms with Gasteiger partial charge in [0.1, 0.15) is 11.6 Å². The fourth-order valence-electron chi connectivity index (χ4n) is 1.69. The van der Waals surface area contributed by atoms with Gasteiger partial charge in [0.25, 0.3) is 5.91 Å². The van der Waals surface area contributed by atoms with Crippen LogP contribution in [-0.4, -0.2) is 22.1 Å². The van der Waals surface area contributed by atoms with Crippen LogP contribution in [0.3, 0.4) is 0 Å². The minimum Gasteiger partial charge on any atom is -0.507 e. The Morgan fingerprint density at radius 2 is 1.95 bits per heavy atom. The Morgan fingerprint density at radius 1 is 1.24 bits per heavy atom. The lowest BCUT2D eigenvalue weighted by Crippen LogP contribution is -2.16. The predicted octanol–water partition coefficient (Wildman–Crippen LogP) is 1.88. The molecule has 0 aliphatic rings. The van der Waals surface area contributed by atoms with Gasteiger partial charge in [-0.1, -0.05) is 17.3 Å². The summed E-state index contributed by atoms with van der Waals surface area (Å²) >= 11 is 0. The number of aromatic hydroxyl groups is 1. The lowest BCUT2D eigenvalue weighted by Gasteiger charge is -2.08. The Hall–Kier alpha value is -3.09. The van der Waals surface area contributed by atoms with Crippen LogP contribution in [0.4, 0.5) is 10.1 Å². The van der Waals surface area contributed by atoms with Crippen LogP contribution < -0.4 is 11.1 Å². The number of oxime groups is 1. The molecule has 0 bridgehead atoms. The molecule has 0 heterocycles. The van der Waals surface area contributed by atoms with Crippen molar-refractivity contribution in [1.29, 1.82) is 0 Å². The van der Waals surface area contributed by atoms with Gasteiger partial charge < -0.3 is 21.4 Å². The number of anilines is 1. The number of phenols is 1. The summed E-state index contributed by atoms with van der Waals surface area (Å²) in [7, 11) is 0. The minimum absolute atomic E-state index is 0.0254. The van der Waals surface area contributed by atoms with Gasteiger partial charge in [-0.25, -0.2) is 4.39 Å². The molecule has 21 heavy (non-hydrogen) atoms. The normalized spacial score (nSPS) is 11.2. The molecule has 5 N–H and O–H groups in total. The number of amidine groups is 1. The van der Waals surface area contributed by atoms with E-state index in [1.165, 1.54) is 24.3 Å². The van der Waals surface area contributed by atoms with E-state index >= 15 is 0 Å². The maximum Gasteiger partial charge on any atom is 0.259 e. The second-order valence-corrected chi connectivity index (χ2v) is 4.15. The molecular formula is C14H12FN3O3. The summed E-state index contributed by atoms with van der Waals surface area (Å²) in [6, 6.07) is 9.60.